The van der Waals surface area contributed by atoms with Crippen LogP contribution in [0.15, 0.2) is 45.9 Å². The topological polar surface area (TPSA) is 67.6 Å². The van der Waals surface area contributed by atoms with Crippen molar-refractivity contribution in [3.8, 4) is 0 Å². The van der Waals surface area contributed by atoms with Crippen molar-refractivity contribution in [2.24, 2.45) is 0 Å². The van der Waals surface area contributed by atoms with Crippen LogP contribution in [0.4, 0.5) is 0 Å². The van der Waals surface area contributed by atoms with Gasteiger partial charge >= 0.3 is 0 Å². The van der Waals surface area contributed by atoms with E-state index in [9.17, 15) is 13.2 Å². The van der Waals surface area contributed by atoms with Crippen LogP contribution in [0.5, 0.6) is 0 Å². The third kappa shape index (κ3) is 3.34. The van der Waals surface area contributed by atoms with Crippen LogP contribution in [0.3, 0.4) is 0 Å². The van der Waals surface area contributed by atoms with Gasteiger partial charge in [-0.05, 0) is 37.3 Å². The Hall–Kier alpha value is -1.79. The molecule has 1 aromatic carbocycles. The summed E-state index contributed by atoms with van der Waals surface area (Å²) < 4.78 is 28.7. The van der Waals surface area contributed by atoms with Gasteiger partial charge in [-0.1, -0.05) is 11.6 Å². The molecule has 1 atom stereocenters. The molecule has 0 saturated heterocycles. The number of hydrogen-bond donors (Lipinski definition) is 0. The molecule has 0 aliphatic heterocycles. The van der Waals surface area contributed by atoms with Gasteiger partial charge in [0.1, 0.15) is 5.76 Å². The maximum atomic E-state index is 12.5. The van der Waals surface area contributed by atoms with E-state index in [1.54, 1.807) is 19.2 Å². The van der Waals surface area contributed by atoms with Crippen LogP contribution in [0.2, 0.25) is 5.02 Å². The van der Waals surface area contributed by atoms with Crippen molar-refractivity contribution in [1.82, 2.24) is 4.90 Å². The number of carbonyl (C=O) groups excluding carboxylic acids is 1. The summed E-state index contributed by atoms with van der Waals surface area (Å²) in [5.74, 6) is 0.332. The monoisotopic (exact) mass is 341 g/mol. The number of furan rings is 1. The number of hydrogen-bond acceptors (Lipinski definition) is 4. The number of benzene rings is 1. The Kier molecular flexibility index (Phi) is 4.63. The maximum Gasteiger partial charge on any atom is 0.254 e. The molecule has 1 unspecified atom stereocenters. The Morgan fingerprint density at radius 1 is 1.32 bits per heavy atom. The molecule has 118 valence electrons. The minimum atomic E-state index is -3.50. The summed E-state index contributed by atoms with van der Waals surface area (Å²) in [6, 6.07) is 7.46. The zero-order valence-corrected chi connectivity index (χ0v) is 14.0. The molecular formula is C15H16ClNO4S. The minimum absolute atomic E-state index is 0.0564. The Morgan fingerprint density at radius 2 is 2.00 bits per heavy atom. The molecule has 7 heteroatoms. The predicted octanol–water partition coefficient (Wildman–Crippen LogP) is 3.17. The van der Waals surface area contributed by atoms with E-state index >= 15 is 0 Å². The first-order valence-corrected chi connectivity index (χ1v) is 8.79. The van der Waals surface area contributed by atoms with Crippen LogP contribution in [-0.4, -0.2) is 32.5 Å². The molecule has 22 heavy (non-hydrogen) atoms. The van der Waals surface area contributed by atoms with E-state index in [1.165, 1.54) is 29.4 Å². The number of halogens is 1. The zero-order valence-electron chi connectivity index (χ0n) is 12.4. The molecule has 0 fully saturated rings. The molecule has 1 amide bonds. The van der Waals surface area contributed by atoms with Gasteiger partial charge in [0.25, 0.3) is 5.91 Å². The fraction of sp³-hybridized carbons (Fsp3) is 0.267. The van der Waals surface area contributed by atoms with Gasteiger partial charge in [0.05, 0.1) is 22.2 Å². The number of sulfone groups is 1. The second-order valence-corrected chi connectivity index (χ2v) is 7.42. The zero-order chi connectivity index (χ0) is 16.5. The third-order valence-corrected chi connectivity index (χ3v) is 5.01. The minimum Gasteiger partial charge on any atom is -0.467 e. The van der Waals surface area contributed by atoms with Crippen LogP contribution in [0.25, 0.3) is 0 Å². The normalized spacial score (nSPS) is 12.9. The lowest BCUT2D eigenvalue weighted by molar-refractivity contribution is 0.0726. The molecule has 0 radical (unpaired) electrons. The van der Waals surface area contributed by atoms with Crippen LogP contribution in [0, 0.1) is 0 Å². The summed E-state index contributed by atoms with van der Waals surface area (Å²) in [7, 11) is -1.87. The summed E-state index contributed by atoms with van der Waals surface area (Å²) in [6.45, 7) is 1.82. The highest BCUT2D eigenvalue weighted by Gasteiger charge is 2.22. The molecule has 1 aromatic heterocycles. The van der Waals surface area contributed by atoms with Crippen molar-refractivity contribution in [3.63, 3.8) is 0 Å². The quantitative estimate of drug-likeness (QED) is 0.856. The van der Waals surface area contributed by atoms with Crippen molar-refractivity contribution in [1.29, 1.82) is 0 Å². The fourth-order valence-electron chi connectivity index (χ4n) is 2.02. The van der Waals surface area contributed by atoms with E-state index in [2.05, 4.69) is 0 Å². The Labute approximate surface area is 134 Å². The average molecular weight is 342 g/mol. The SMILES string of the molecule is CC(c1ccco1)N(C)C(=O)c1ccc(Cl)c(S(C)(=O)=O)c1. The molecule has 5 nitrogen and oxygen atoms in total. The second-order valence-electron chi connectivity index (χ2n) is 5.02. The van der Waals surface area contributed by atoms with Crippen LogP contribution in [-0.2, 0) is 9.84 Å². The summed E-state index contributed by atoms with van der Waals surface area (Å²) in [5.41, 5.74) is 0.255. The Morgan fingerprint density at radius 3 is 2.55 bits per heavy atom. The van der Waals surface area contributed by atoms with Gasteiger partial charge in [-0.15, -0.1) is 0 Å². The average Bonchev–Trinajstić information content (AvgIpc) is 2.98. The summed E-state index contributed by atoms with van der Waals surface area (Å²) in [5, 5.41) is 0.0980. The van der Waals surface area contributed by atoms with Crippen molar-refractivity contribution in [3.05, 3.63) is 52.9 Å². The Balaban J connectivity index is 2.34. The van der Waals surface area contributed by atoms with Crippen molar-refractivity contribution in [2.45, 2.75) is 17.9 Å². The molecule has 0 aliphatic rings. The van der Waals surface area contributed by atoms with Crippen LogP contribution >= 0.6 is 11.6 Å². The molecule has 2 rings (SSSR count). The van der Waals surface area contributed by atoms with Crippen molar-refractivity contribution < 1.29 is 17.6 Å². The lowest BCUT2D eigenvalue weighted by Crippen LogP contribution is -2.29. The van der Waals surface area contributed by atoms with E-state index in [1.807, 2.05) is 6.92 Å². The van der Waals surface area contributed by atoms with Crippen LogP contribution < -0.4 is 0 Å². The Bertz CT molecular complexity index is 784. The van der Waals surface area contributed by atoms with E-state index in [4.69, 9.17) is 16.0 Å². The molecule has 0 aliphatic carbocycles. The smallest absolute Gasteiger partial charge is 0.254 e. The first-order valence-electron chi connectivity index (χ1n) is 6.52. The summed E-state index contributed by atoms with van der Waals surface area (Å²) >= 11 is 5.89. The first-order chi connectivity index (χ1) is 10.2. The molecule has 2 aromatic rings. The van der Waals surface area contributed by atoms with Crippen molar-refractivity contribution in [2.75, 3.05) is 13.3 Å². The second kappa shape index (κ2) is 6.14. The summed E-state index contributed by atoms with van der Waals surface area (Å²) in [6.07, 6.45) is 2.59. The maximum absolute atomic E-state index is 12.5. The highest BCUT2D eigenvalue weighted by Crippen LogP contribution is 2.25. The standard InChI is InChI=1S/C15H16ClNO4S/c1-10(13-5-4-8-21-13)17(2)15(18)11-6-7-12(16)14(9-11)22(3,19)20/h4-10H,1-3H3. The van der Waals surface area contributed by atoms with E-state index in [-0.39, 0.29) is 27.4 Å². The predicted molar refractivity (Wildman–Crippen MR) is 83.8 cm³/mol. The highest BCUT2D eigenvalue weighted by atomic mass is 35.5. The summed E-state index contributed by atoms with van der Waals surface area (Å²) in [4.78, 5) is 13.9. The largest absolute Gasteiger partial charge is 0.467 e. The van der Waals surface area contributed by atoms with Gasteiger partial charge in [-0.2, -0.15) is 0 Å². The number of nitrogens with zero attached hydrogens (tertiary/aromatic N) is 1. The van der Waals surface area contributed by atoms with E-state index < -0.39 is 9.84 Å². The van der Waals surface area contributed by atoms with E-state index in [0.29, 0.717) is 5.76 Å². The fourth-order valence-corrected chi connectivity index (χ4v) is 3.32. The number of amides is 1. The van der Waals surface area contributed by atoms with Gasteiger partial charge in [0, 0.05) is 18.9 Å². The molecule has 0 N–H and O–H groups in total. The van der Waals surface area contributed by atoms with Gasteiger partial charge < -0.3 is 9.32 Å². The number of rotatable bonds is 4. The van der Waals surface area contributed by atoms with Crippen LogP contribution in [0.1, 0.15) is 29.1 Å². The highest BCUT2D eigenvalue weighted by molar-refractivity contribution is 7.90. The van der Waals surface area contributed by atoms with Gasteiger partial charge in [-0.3, -0.25) is 4.79 Å². The molecule has 0 spiro atoms. The third-order valence-electron chi connectivity index (χ3n) is 3.43. The molecular weight excluding hydrogens is 326 g/mol. The molecule has 1 heterocycles. The lowest BCUT2D eigenvalue weighted by Gasteiger charge is -2.23. The van der Waals surface area contributed by atoms with Gasteiger partial charge in [-0.25, -0.2) is 8.42 Å². The van der Waals surface area contributed by atoms with Gasteiger partial charge in [0.2, 0.25) is 0 Å². The molecule has 0 bridgehead atoms. The van der Waals surface area contributed by atoms with Crippen molar-refractivity contribution >= 4 is 27.3 Å². The van der Waals surface area contributed by atoms with Gasteiger partial charge in [0.15, 0.2) is 9.84 Å². The van der Waals surface area contributed by atoms with E-state index in [0.717, 1.165) is 6.26 Å². The number of carbonyl (C=O) groups is 1. The lowest BCUT2D eigenvalue weighted by atomic mass is 10.1. The molecule has 0 saturated carbocycles. The first kappa shape index (κ1) is 16.6.